The van der Waals surface area contributed by atoms with Gasteiger partial charge in [-0.2, -0.15) is 0 Å². The van der Waals surface area contributed by atoms with Crippen LogP contribution < -0.4 is 0 Å². The fourth-order valence-electron chi connectivity index (χ4n) is 2.39. The van der Waals surface area contributed by atoms with Crippen LogP contribution in [0.2, 0.25) is 0 Å². The Labute approximate surface area is 123 Å². The highest BCUT2D eigenvalue weighted by Crippen LogP contribution is 2.13. The summed E-state index contributed by atoms with van der Waals surface area (Å²) < 4.78 is 7.39. The van der Waals surface area contributed by atoms with Crippen LogP contribution in [-0.4, -0.2) is 51.1 Å². The molecule has 0 N–H and O–H groups in total. The summed E-state index contributed by atoms with van der Waals surface area (Å²) in [5.74, 6) is 0.763. The summed E-state index contributed by atoms with van der Waals surface area (Å²) in [5, 5.41) is 0. The minimum absolute atomic E-state index is 0.0152. The van der Waals surface area contributed by atoms with Crippen LogP contribution >= 0.6 is 0 Å². The molecule has 1 aliphatic heterocycles. The summed E-state index contributed by atoms with van der Waals surface area (Å²) in [6.45, 7) is 3.96. The van der Waals surface area contributed by atoms with Crippen LogP contribution in [0, 0.1) is 0 Å². The predicted octanol–water partition coefficient (Wildman–Crippen LogP) is 1.52. The van der Waals surface area contributed by atoms with E-state index in [2.05, 4.69) is 16.9 Å². The largest absolute Gasteiger partial charge is 0.375 e. The van der Waals surface area contributed by atoms with Crippen molar-refractivity contribution in [3.63, 3.8) is 0 Å². The third-order valence-corrected chi connectivity index (χ3v) is 3.65. The van der Waals surface area contributed by atoms with Crippen molar-refractivity contribution >= 4 is 5.91 Å². The molecule has 1 aliphatic rings. The van der Waals surface area contributed by atoms with Crippen molar-refractivity contribution in [1.82, 2.24) is 19.4 Å². The second-order valence-corrected chi connectivity index (χ2v) is 5.03. The van der Waals surface area contributed by atoms with Crippen LogP contribution in [-0.2, 0) is 4.74 Å². The number of amides is 1. The van der Waals surface area contributed by atoms with E-state index in [1.165, 1.54) is 0 Å². The minimum atomic E-state index is 0.0152. The molecular formula is C15H18N4O2. The van der Waals surface area contributed by atoms with Gasteiger partial charge in [0, 0.05) is 31.7 Å². The molecule has 6 heteroatoms. The van der Waals surface area contributed by atoms with Gasteiger partial charge in [0.05, 0.1) is 18.3 Å². The first-order valence-corrected chi connectivity index (χ1v) is 7.13. The minimum Gasteiger partial charge on any atom is -0.375 e. The third kappa shape index (κ3) is 2.95. The molecule has 1 amide bonds. The average Bonchev–Trinajstić information content (AvgIpc) is 3.09. The zero-order chi connectivity index (χ0) is 14.7. The number of hydrogen-bond acceptors (Lipinski definition) is 4. The first-order valence-electron chi connectivity index (χ1n) is 7.13. The number of rotatable bonds is 3. The highest BCUT2D eigenvalue weighted by Gasteiger charge is 2.24. The van der Waals surface area contributed by atoms with E-state index in [4.69, 9.17) is 4.74 Å². The lowest BCUT2D eigenvalue weighted by molar-refractivity contribution is -0.0226. The molecule has 0 saturated carbocycles. The number of ether oxygens (including phenoxy) is 1. The zero-order valence-electron chi connectivity index (χ0n) is 12.0. The SMILES string of the molecule is CCC1CN(C(=O)c2ccc(-n3ccnc3)nc2)CCO1. The fourth-order valence-corrected chi connectivity index (χ4v) is 2.39. The van der Waals surface area contributed by atoms with E-state index in [1.54, 1.807) is 29.4 Å². The number of pyridine rings is 1. The molecule has 6 nitrogen and oxygen atoms in total. The van der Waals surface area contributed by atoms with Crippen molar-refractivity contribution in [3.8, 4) is 5.82 Å². The van der Waals surface area contributed by atoms with Gasteiger partial charge in [0.2, 0.25) is 0 Å². The van der Waals surface area contributed by atoms with Crippen LogP contribution in [0.25, 0.3) is 5.82 Å². The van der Waals surface area contributed by atoms with E-state index in [-0.39, 0.29) is 12.0 Å². The second-order valence-electron chi connectivity index (χ2n) is 5.03. The molecule has 2 aromatic rings. The molecule has 1 unspecified atom stereocenters. The Balaban J connectivity index is 1.73. The van der Waals surface area contributed by atoms with Crippen molar-refractivity contribution < 1.29 is 9.53 Å². The van der Waals surface area contributed by atoms with E-state index < -0.39 is 0 Å². The van der Waals surface area contributed by atoms with Crippen molar-refractivity contribution in [1.29, 1.82) is 0 Å². The van der Waals surface area contributed by atoms with Gasteiger partial charge in [-0.05, 0) is 18.6 Å². The summed E-state index contributed by atoms with van der Waals surface area (Å²) in [6, 6.07) is 3.63. The number of nitrogens with zero attached hydrogens (tertiary/aromatic N) is 4. The van der Waals surface area contributed by atoms with E-state index in [0.717, 1.165) is 12.2 Å². The van der Waals surface area contributed by atoms with Gasteiger partial charge in [0.15, 0.2) is 0 Å². The molecule has 0 radical (unpaired) electrons. The molecule has 1 atom stereocenters. The highest BCUT2D eigenvalue weighted by atomic mass is 16.5. The Morgan fingerprint density at radius 3 is 3.05 bits per heavy atom. The van der Waals surface area contributed by atoms with Gasteiger partial charge >= 0.3 is 0 Å². The molecule has 0 aliphatic carbocycles. The Morgan fingerprint density at radius 1 is 1.48 bits per heavy atom. The maximum atomic E-state index is 12.5. The first-order chi connectivity index (χ1) is 10.3. The molecule has 1 fully saturated rings. The molecular weight excluding hydrogens is 268 g/mol. The van der Waals surface area contributed by atoms with E-state index >= 15 is 0 Å². The summed E-state index contributed by atoms with van der Waals surface area (Å²) in [4.78, 5) is 22.6. The number of carbonyl (C=O) groups is 1. The Hall–Kier alpha value is -2.21. The molecule has 110 valence electrons. The molecule has 1 saturated heterocycles. The number of imidazole rings is 1. The first kappa shape index (κ1) is 13.8. The summed E-state index contributed by atoms with van der Waals surface area (Å²) >= 11 is 0. The number of aromatic nitrogens is 3. The Morgan fingerprint density at radius 2 is 2.38 bits per heavy atom. The van der Waals surface area contributed by atoms with Gasteiger partial charge in [-0.25, -0.2) is 9.97 Å². The highest BCUT2D eigenvalue weighted by molar-refractivity contribution is 5.94. The van der Waals surface area contributed by atoms with Gasteiger partial charge in [0.25, 0.3) is 5.91 Å². The van der Waals surface area contributed by atoms with Crippen molar-refractivity contribution in [2.75, 3.05) is 19.7 Å². The number of hydrogen-bond donors (Lipinski definition) is 0. The van der Waals surface area contributed by atoms with Crippen molar-refractivity contribution in [3.05, 3.63) is 42.6 Å². The smallest absolute Gasteiger partial charge is 0.255 e. The molecule has 0 spiro atoms. The quantitative estimate of drug-likeness (QED) is 0.858. The lowest BCUT2D eigenvalue weighted by Crippen LogP contribution is -2.45. The fraction of sp³-hybridized carbons (Fsp3) is 0.400. The van der Waals surface area contributed by atoms with Crippen molar-refractivity contribution in [2.24, 2.45) is 0 Å². The van der Waals surface area contributed by atoms with Crippen LogP contribution in [0.4, 0.5) is 0 Å². The summed E-state index contributed by atoms with van der Waals surface area (Å²) in [6.07, 6.45) is 7.87. The van der Waals surface area contributed by atoms with Crippen LogP contribution in [0.15, 0.2) is 37.1 Å². The molecule has 3 rings (SSSR count). The summed E-state index contributed by atoms with van der Waals surface area (Å²) in [7, 11) is 0. The molecule has 2 aromatic heterocycles. The predicted molar refractivity (Wildman–Crippen MR) is 77.3 cm³/mol. The standard InChI is InChI=1S/C15H18N4O2/c1-2-13-10-18(7-8-21-13)15(20)12-3-4-14(17-9-12)19-6-5-16-11-19/h3-6,9,11,13H,2,7-8,10H2,1H3. The number of carbonyl (C=O) groups excluding carboxylic acids is 1. The summed E-state index contributed by atoms with van der Waals surface area (Å²) in [5.41, 5.74) is 0.607. The van der Waals surface area contributed by atoms with Gasteiger partial charge < -0.3 is 9.64 Å². The zero-order valence-corrected chi connectivity index (χ0v) is 12.0. The maximum Gasteiger partial charge on any atom is 0.255 e. The monoisotopic (exact) mass is 286 g/mol. The van der Waals surface area contributed by atoms with Crippen LogP contribution in [0.3, 0.4) is 0 Å². The third-order valence-electron chi connectivity index (χ3n) is 3.65. The molecule has 3 heterocycles. The van der Waals surface area contributed by atoms with Crippen LogP contribution in [0.1, 0.15) is 23.7 Å². The van der Waals surface area contributed by atoms with E-state index in [0.29, 0.717) is 25.3 Å². The van der Waals surface area contributed by atoms with E-state index in [9.17, 15) is 4.79 Å². The number of morpholine rings is 1. The van der Waals surface area contributed by atoms with Crippen molar-refractivity contribution in [2.45, 2.75) is 19.4 Å². The maximum absolute atomic E-state index is 12.5. The lowest BCUT2D eigenvalue weighted by atomic mass is 10.2. The van der Waals surface area contributed by atoms with Gasteiger partial charge in [-0.3, -0.25) is 9.36 Å². The van der Waals surface area contributed by atoms with Gasteiger partial charge in [-0.1, -0.05) is 6.92 Å². The second kappa shape index (κ2) is 6.05. The average molecular weight is 286 g/mol. The Bertz CT molecular complexity index is 595. The molecule has 21 heavy (non-hydrogen) atoms. The molecule has 0 bridgehead atoms. The lowest BCUT2D eigenvalue weighted by Gasteiger charge is -2.32. The molecule has 0 aromatic carbocycles. The van der Waals surface area contributed by atoms with Crippen LogP contribution in [0.5, 0.6) is 0 Å². The Kier molecular flexibility index (Phi) is 3.96. The van der Waals surface area contributed by atoms with E-state index in [1.807, 2.05) is 17.2 Å². The van der Waals surface area contributed by atoms with Gasteiger partial charge in [-0.15, -0.1) is 0 Å². The topological polar surface area (TPSA) is 60.2 Å². The van der Waals surface area contributed by atoms with Gasteiger partial charge in [0.1, 0.15) is 12.1 Å². The normalized spacial score (nSPS) is 18.7.